The van der Waals surface area contributed by atoms with Crippen molar-refractivity contribution in [1.29, 1.82) is 0 Å². The Morgan fingerprint density at radius 2 is 1.52 bits per heavy atom. The molecule has 0 fully saturated rings. The molecule has 6 nitrogen and oxygen atoms in total. The van der Waals surface area contributed by atoms with Crippen LogP contribution in [0.15, 0.2) is 60.7 Å². The van der Waals surface area contributed by atoms with Crippen molar-refractivity contribution in [2.45, 2.75) is 32.1 Å². The molecule has 2 aromatic rings. The minimum absolute atomic E-state index is 0.193. The van der Waals surface area contributed by atoms with E-state index >= 15 is 0 Å². The van der Waals surface area contributed by atoms with Gasteiger partial charge in [-0.1, -0.05) is 60.7 Å². The third-order valence-electron chi connectivity index (χ3n) is 3.99. The summed E-state index contributed by atoms with van der Waals surface area (Å²) in [5, 5.41) is 12.7. The van der Waals surface area contributed by atoms with E-state index in [9.17, 15) is 14.5 Å². The predicted octanol–water partition coefficient (Wildman–Crippen LogP) is 4.24. The van der Waals surface area contributed by atoms with Gasteiger partial charge in [-0.2, -0.15) is 0 Å². The van der Waals surface area contributed by atoms with Gasteiger partial charge in [0.15, 0.2) is 0 Å². The highest BCUT2D eigenvalue weighted by atomic mass is 31.2. The van der Waals surface area contributed by atoms with Gasteiger partial charge in [0.25, 0.3) is 0 Å². The lowest BCUT2D eigenvalue weighted by atomic mass is 10.1. The second-order valence-corrected chi connectivity index (χ2v) is 8.05. The standard InChI is InChI=1S/C20H26NO5P/c1-3-25-27(24,26-4-2)19(17-13-9-6-10-14-17)21-18(20(22)23)15-16-11-7-5-8-12-16/h5-14,18-19,21H,3-4,15H2,1-2H3,(H,22,23)/t18-,19?/m0/s1. The highest BCUT2D eigenvalue weighted by Gasteiger charge is 2.39. The van der Waals surface area contributed by atoms with Crippen molar-refractivity contribution in [1.82, 2.24) is 5.32 Å². The van der Waals surface area contributed by atoms with Crippen molar-refractivity contribution >= 4 is 13.6 Å². The van der Waals surface area contributed by atoms with Gasteiger partial charge in [0, 0.05) is 0 Å². The van der Waals surface area contributed by atoms with Crippen LogP contribution >= 0.6 is 7.60 Å². The van der Waals surface area contributed by atoms with Crippen molar-refractivity contribution in [2.24, 2.45) is 0 Å². The van der Waals surface area contributed by atoms with Crippen LogP contribution in [0, 0.1) is 0 Å². The summed E-state index contributed by atoms with van der Waals surface area (Å²) < 4.78 is 24.4. The molecular weight excluding hydrogens is 365 g/mol. The van der Waals surface area contributed by atoms with Crippen LogP contribution in [0.25, 0.3) is 0 Å². The second kappa shape index (κ2) is 10.4. The van der Waals surface area contributed by atoms with Crippen molar-refractivity contribution in [3.63, 3.8) is 0 Å². The number of aliphatic carboxylic acids is 1. The lowest BCUT2D eigenvalue weighted by molar-refractivity contribution is -0.139. The summed E-state index contributed by atoms with van der Waals surface area (Å²) in [6, 6.07) is 17.4. The highest BCUT2D eigenvalue weighted by Crippen LogP contribution is 2.59. The smallest absolute Gasteiger partial charge is 0.351 e. The Kier molecular flexibility index (Phi) is 8.20. The molecule has 2 rings (SSSR count). The van der Waals surface area contributed by atoms with Crippen LogP contribution in [-0.2, 0) is 24.8 Å². The van der Waals surface area contributed by atoms with Crippen molar-refractivity contribution in [3.05, 3.63) is 71.8 Å². The fourth-order valence-electron chi connectivity index (χ4n) is 2.81. The van der Waals surface area contributed by atoms with Crippen LogP contribution in [0.4, 0.5) is 0 Å². The third kappa shape index (κ3) is 6.01. The van der Waals surface area contributed by atoms with E-state index in [1.54, 1.807) is 38.1 Å². The first kappa shape index (κ1) is 21.3. The van der Waals surface area contributed by atoms with E-state index in [2.05, 4.69) is 5.32 Å². The maximum absolute atomic E-state index is 13.4. The number of rotatable bonds is 11. The van der Waals surface area contributed by atoms with Crippen LogP contribution < -0.4 is 5.32 Å². The van der Waals surface area contributed by atoms with Crippen molar-refractivity contribution in [2.75, 3.05) is 13.2 Å². The summed E-state index contributed by atoms with van der Waals surface area (Å²) >= 11 is 0. The molecule has 0 aliphatic heterocycles. The van der Waals surface area contributed by atoms with E-state index in [0.717, 1.165) is 5.56 Å². The lowest BCUT2D eigenvalue weighted by Gasteiger charge is -2.30. The number of hydrogen-bond acceptors (Lipinski definition) is 5. The first-order chi connectivity index (χ1) is 13.0. The van der Waals surface area contributed by atoms with Gasteiger partial charge in [-0.3, -0.25) is 14.7 Å². The first-order valence-corrected chi connectivity index (χ1v) is 10.6. The maximum atomic E-state index is 13.4. The van der Waals surface area contributed by atoms with E-state index in [4.69, 9.17) is 9.05 Å². The van der Waals surface area contributed by atoms with Crippen LogP contribution in [0.2, 0.25) is 0 Å². The minimum Gasteiger partial charge on any atom is -0.480 e. The number of carboxylic acid groups (broad SMARTS) is 1. The largest absolute Gasteiger partial charge is 0.480 e. The molecule has 0 aliphatic carbocycles. The van der Waals surface area contributed by atoms with Crippen molar-refractivity contribution < 1.29 is 23.5 Å². The normalized spacial score (nSPS) is 13.9. The maximum Gasteiger partial charge on any atom is 0.351 e. The summed E-state index contributed by atoms with van der Waals surface area (Å²) in [6.45, 7) is 3.84. The zero-order valence-electron chi connectivity index (χ0n) is 15.6. The molecule has 0 bridgehead atoms. The van der Waals surface area contributed by atoms with E-state index in [1.165, 1.54) is 0 Å². The topological polar surface area (TPSA) is 84.9 Å². The number of nitrogens with one attached hydrogen (secondary N) is 1. The molecule has 0 spiro atoms. The molecule has 0 radical (unpaired) electrons. The van der Waals surface area contributed by atoms with E-state index in [1.807, 2.05) is 36.4 Å². The fraction of sp³-hybridized carbons (Fsp3) is 0.350. The van der Waals surface area contributed by atoms with E-state index in [-0.39, 0.29) is 19.6 Å². The molecule has 146 valence electrons. The SMILES string of the molecule is CCOP(=O)(OCC)C(N[C@@H](Cc1ccccc1)C(=O)O)c1ccccc1. The summed E-state index contributed by atoms with van der Waals surface area (Å²) in [4.78, 5) is 11.9. The average molecular weight is 391 g/mol. The molecule has 0 saturated carbocycles. The summed E-state index contributed by atoms with van der Waals surface area (Å²) in [6.07, 6.45) is 0.248. The Morgan fingerprint density at radius 3 is 2.00 bits per heavy atom. The Labute approximate surface area is 160 Å². The average Bonchev–Trinajstić information content (AvgIpc) is 2.66. The zero-order chi connectivity index (χ0) is 19.7. The molecular formula is C20H26NO5P. The molecule has 0 aromatic heterocycles. The van der Waals surface area contributed by atoms with Gasteiger partial charge in [-0.15, -0.1) is 0 Å². The summed E-state index contributed by atoms with van der Waals surface area (Å²) in [5.41, 5.74) is 1.52. The van der Waals surface area contributed by atoms with Crippen LogP contribution in [0.1, 0.15) is 30.8 Å². The monoisotopic (exact) mass is 391 g/mol. The van der Waals surface area contributed by atoms with Gasteiger partial charge in [0.1, 0.15) is 11.8 Å². The highest BCUT2D eigenvalue weighted by molar-refractivity contribution is 7.54. The van der Waals surface area contributed by atoms with Gasteiger partial charge >= 0.3 is 13.6 Å². The van der Waals surface area contributed by atoms with Gasteiger partial charge in [-0.05, 0) is 31.4 Å². The van der Waals surface area contributed by atoms with Gasteiger partial charge in [0.2, 0.25) is 0 Å². The molecule has 2 aromatic carbocycles. The van der Waals surface area contributed by atoms with E-state index < -0.39 is 25.4 Å². The molecule has 0 aliphatic rings. The Bertz CT molecular complexity index is 743. The second-order valence-electron chi connectivity index (χ2n) is 5.94. The Hall–Kier alpha value is -1.98. The Morgan fingerprint density at radius 1 is 1.00 bits per heavy atom. The van der Waals surface area contributed by atoms with Crippen molar-refractivity contribution in [3.8, 4) is 0 Å². The molecule has 0 amide bonds. The third-order valence-corrected chi connectivity index (χ3v) is 6.31. The minimum atomic E-state index is -3.62. The lowest BCUT2D eigenvalue weighted by Crippen LogP contribution is -2.41. The number of carboxylic acids is 1. The van der Waals surface area contributed by atoms with Crippen LogP contribution in [-0.4, -0.2) is 30.3 Å². The predicted molar refractivity (Wildman–Crippen MR) is 105 cm³/mol. The van der Waals surface area contributed by atoms with E-state index in [0.29, 0.717) is 5.56 Å². The summed E-state index contributed by atoms with van der Waals surface area (Å²) in [5.74, 6) is -1.91. The van der Waals surface area contributed by atoms with Gasteiger partial charge in [0.05, 0.1) is 13.2 Å². The zero-order valence-corrected chi connectivity index (χ0v) is 16.5. The molecule has 0 heterocycles. The molecule has 2 atom stereocenters. The van der Waals surface area contributed by atoms with Crippen LogP contribution in [0.5, 0.6) is 0 Å². The van der Waals surface area contributed by atoms with Crippen LogP contribution in [0.3, 0.4) is 0 Å². The quantitative estimate of drug-likeness (QED) is 0.558. The number of hydrogen-bond donors (Lipinski definition) is 2. The first-order valence-electron chi connectivity index (χ1n) is 8.96. The molecule has 27 heavy (non-hydrogen) atoms. The van der Waals surface area contributed by atoms with Gasteiger partial charge in [-0.25, -0.2) is 0 Å². The number of carbonyl (C=O) groups is 1. The summed E-state index contributed by atoms with van der Waals surface area (Å²) in [7, 11) is -3.62. The molecule has 2 N–H and O–H groups in total. The Balaban J connectivity index is 2.36. The fourth-order valence-corrected chi connectivity index (χ4v) is 4.80. The molecule has 7 heteroatoms. The number of benzene rings is 2. The van der Waals surface area contributed by atoms with Gasteiger partial charge < -0.3 is 14.2 Å². The molecule has 0 saturated heterocycles. The molecule has 1 unspecified atom stereocenters.